The summed E-state index contributed by atoms with van der Waals surface area (Å²) in [6, 6.07) is 2.49. The van der Waals surface area contributed by atoms with E-state index in [0.717, 1.165) is 32.0 Å². The number of hydrogen-bond acceptors (Lipinski definition) is 7. The highest BCUT2D eigenvalue weighted by Crippen LogP contribution is 2.38. The van der Waals surface area contributed by atoms with Crippen LogP contribution >= 0.6 is 27.5 Å². The van der Waals surface area contributed by atoms with E-state index < -0.39 is 11.4 Å². The lowest BCUT2D eigenvalue weighted by Gasteiger charge is -2.45. The minimum atomic E-state index is -0.572. The molecule has 1 amide bonds. The molecule has 0 bridgehead atoms. The molecule has 38 heavy (non-hydrogen) atoms. The van der Waals surface area contributed by atoms with Gasteiger partial charge < -0.3 is 24.8 Å². The van der Waals surface area contributed by atoms with Crippen molar-refractivity contribution in [1.29, 1.82) is 0 Å². The van der Waals surface area contributed by atoms with Crippen molar-refractivity contribution in [2.24, 2.45) is 0 Å². The normalized spacial score (nSPS) is 23.7. The number of amides is 1. The summed E-state index contributed by atoms with van der Waals surface area (Å²) in [4.78, 5) is 28.9. The number of piperazine rings is 1. The van der Waals surface area contributed by atoms with Gasteiger partial charge in [-0.05, 0) is 82.3 Å². The highest BCUT2D eigenvalue weighted by atomic mass is 79.9. The highest BCUT2D eigenvalue weighted by molar-refractivity contribution is 9.10. The van der Waals surface area contributed by atoms with Crippen molar-refractivity contribution in [3.05, 3.63) is 21.4 Å². The van der Waals surface area contributed by atoms with Crippen molar-refractivity contribution in [3.8, 4) is 0 Å². The van der Waals surface area contributed by atoms with Gasteiger partial charge in [0.2, 0.25) is 5.95 Å². The Hall–Kier alpha value is -1.91. The third-order valence-electron chi connectivity index (χ3n) is 7.62. The van der Waals surface area contributed by atoms with Gasteiger partial charge in [0.25, 0.3) is 0 Å². The van der Waals surface area contributed by atoms with Gasteiger partial charge in [-0.2, -0.15) is 4.98 Å². The first-order valence-electron chi connectivity index (χ1n) is 13.5. The molecule has 3 aliphatic rings. The van der Waals surface area contributed by atoms with Crippen LogP contribution in [0.5, 0.6) is 0 Å². The Kier molecular flexibility index (Phi) is 7.70. The average molecular weight is 612 g/mol. The second-order valence-corrected chi connectivity index (χ2v) is 13.1. The van der Waals surface area contributed by atoms with Gasteiger partial charge in [0.1, 0.15) is 16.9 Å². The number of benzene rings is 1. The first-order chi connectivity index (χ1) is 17.9. The summed E-state index contributed by atoms with van der Waals surface area (Å²) in [6.07, 6.45) is 4.29. The number of halogens is 3. The van der Waals surface area contributed by atoms with Crippen molar-refractivity contribution < 1.29 is 13.9 Å². The number of fused-ring (bicyclic) bond motifs is 1. The Morgan fingerprint density at radius 1 is 1.13 bits per heavy atom. The third kappa shape index (κ3) is 5.82. The number of carbonyl (C=O) groups excluding carboxylic acids is 1. The van der Waals surface area contributed by atoms with Gasteiger partial charge in [0.15, 0.2) is 5.82 Å². The summed E-state index contributed by atoms with van der Waals surface area (Å²) >= 11 is 9.66. The molecule has 2 aromatic rings. The van der Waals surface area contributed by atoms with Crippen LogP contribution in [-0.2, 0) is 4.74 Å². The number of aromatic nitrogens is 2. The maximum absolute atomic E-state index is 15.5. The van der Waals surface area contributed by atoms with Crippen molar-refractivity contribution in [2.75, 3.05) is 36.4 Å². The fraction of sp³-hybridized carbons (Fsp3) is 0.667. The zero-order chi connectivity index (χ0) is 27.4. The zero-order valence-corrected chi connectivity index (χ0v) is 25.1. The Bertz CT molecular complexity index is 1210. The number of likely N-dealkylation sites (tertiary alicyclic amines) is 1. The number of hydrogen-bond donors (Lipinski definition) is 1. The third-order valence-corrected chi connectivity index (χ3v) is 8.92. The maximum Gasteiger partial charge on any atom is 0.410 e. The van der Waals surface area contributed by atoms with Gasteiger partial charge in [-0.15, -0.1) is 0 Å². The number of nitrogens with one attached hydrogen (secondary N) is 1. The number of carbonyl (C=O) groups is 1. The van der Waals surface area contributed by atoms with Crippen LogP contribution in [0.25, 0.3) is 10.9 Å². The minimum absolute atomic E-state index is 0.0862. The van der Waals surface area contributed by atoms with Crippen LogP contribution in [-0.4, -0.2) is 81.8 Å². The van der Waals surface area contributed by atoms with E-state index in [1.54, 1.807) is 11.0 Å². The second kappa shape index (κ2) is 10.6. The van der Waals surface area contributed by atoms with Crippen LogP contribution in [0.3, 0.4) is 0 Å². The van der Waals surface area contributed by atoms with Gasteiger partial charge in [-0.1, -0.05) is 11.6 Å². The number of rotatable bonds is 4. The van der Waals surface area contributed by atoms with Crippen molar-refractivity contribution in [1.82, 2.24) is 19.8 Å². The van der Waals surface area contributed by atoms with Gasteiger partial charge in [0, 0.05) is 55.7 Å². The van der Waals surface area contributed by atoms with Crippen LogP contribution in [0.2, 0.25) is 5.02 Å². The van der Waals surface area contributed by atoms with E-state index in [1.165, 1.54) is 12.8 Å². The van der Waals surface area contributed by atoms with Crippen molar-refractivity contribution >= 4 is 56.3 Å². The predicted octanol–water partition coefficient (Wildman–Crippen LogP) is 6.06. The van der Waals surface area contributed by atoms with Gasteiger partial charge in [0.05, 0.1) is 9.50 Å². The summed E-state index contributed by atoms with van der Waals surface area (Å²) < 4.78 is 21.3. The Labute approximate surface area is 237 Å². The summed E-state index contributed by atoms with van der Waals surface area (Å²) in [7, 11) is 0. The summed E-state index contributed by atoms with van der Waals surface area (Å²) in [5, 5.41) is 4.31. The first kappa shape index (κ1) is 27.6. The lowest BCUT2D eigenvalue weighted by molar-refractivity contribution is 0.0130. The first-order valence-corrected chi connectivity index (χ1v) is 14.7. The predicted molar refractivity (Wildman–Crippen MR) is 153 cm³/mol. The summed E-state index contributed by atoms with van der Waals surface area (Å²) in [5.41, 5.74) is -0.351. The van der Waals surface area contributed by atoms with E-state index in [9.17, 15) is 4.79 Å². The summed E-state index contributed by atoms with van der Waals surface area (Å²) in [5.74, 6) is 0.528. The molecule has 1 aromatic carbocycles. The maximum atomic E-state index is 15.5. The summed E-state index contributed by atoms with van der Waals surface area (Å²) in [6.45, 7) is 12.7. The molecular weight excluding hydrogens is 575 g/mol. The van der Waals surface area contributed by atoms with Crippen LogP contribution in [0.4, 0.5) is 21.0 Å². The molecule has 3 fully saturated rings. The van der Waals surface area contributed by atoms with E-state index in [4.69, 9.17) is 21.3 Å². The molecular formula is C27H37BrClFN6O2. The Morgan fingerprint density at radius 2 is 1.82 bits per heavy atom. The van der Waals surface area contributed by atoms with Gasteiger partial charge in [-0.3, -0.25) is 0 Å². The van der Waals surface area contributed by atoms with E-state index in [0.29, 0.717) is 30.2 Å². The van der Waals surface area contributed by atoms with E-state index in [2.05, 4.69) is 36.0 Å². The molecule has 1 aromatic heterocycles. The zero-order valence-electron chi connectivity index (χ0n) is 22.7. The molecule has 3 heterocycles. The van der Waals surface area contributed by atoms with Gasteiger partial charge in [-0.25, -0.2) is 14.2 Å². The number of anilines is 2. The monoisotopic (exact) mass is 610 g/mol. The van der Waals surface area contributed by atoms with Crippen molar-refractivity contribution in [3.63, 3.8) is 0 Å². The molecule has 2 atom stereocenters. The molecule has 5 rings (SSSR count). The molecule has 2 saturated heterocycles. The van der Waals surface area contributed by atoms with Crippen LogP contribution in [0, 0.1) is 5.82 Å². The topological polar surface area (TPSA) is 73.8 Å². The average Bonchev–Trinajstić information content (AvgIpc) is 3.69. The Morgan fingerprint density at radius 3 is 2.45 bits per heavy atom. The van der Waals surface area contributed by atoms with Crippen molar-refractivity contribution in [2.45, 2.75) is 90.1 Å². The largest absolute Gasteiger partial charge is 0.444 e. The molecule has 0 unspecified atom stereocenters. The van der Waals surface area contributed by atoms with E-state index in [-0.39, 0.29) is 39.2 Å². The van der Waals surface area contributed by atoms with Gasteiger partial charge >= 0.3 is 6.09 Å². The standard InChI is InChI=1S/C27H37BrClFN6O2/c1-15-14-36(26(37)38-27(3,4)5)16(2)13-35(15)24-19-12-20(29)21(28)22(30)23(19)32-25(33-24)31-17-8-10-34(11-9-17)18-6-7-18/h12,15-18H,6-11,13-14H2,1-5H3,(H,31,32,33)/t15-,16+/m0/s1. The molecule has 208 valence electrons. The minimum Gasteiger partial charge on any atom is -0.444 e. The molecule has 1 saturated carbocycles. The molecule has 1 N–H and O–H groups in total. The van der Waals surface area contributed by atoms with E-state index in [1.807, 2.05) is 34.6 Å². The van der Waals surface area contributed by atoms with E-state index >= 15 is 4.39 Å². The Balaban J connectivity index is 1.44. The smallest absolute Gasteiger partial charge is 0.410 e. The van der Waals surface area contributed by atoms with Crippen LogP contribution in [0.1, 0.15) is 60.3 Å². The second-order valence-electron chi connectivity index (χ2n) is 11.9. The molecule has 1 aliphatic carbocycles. The number of piperidine rings is 1. The molecule has 2 aliphatic heterocycles. The fourth-order valence-corrected chi connectivity index (χ4v) is 5.96. The highest BCUT2D eigenvalue weighted by Gasteiger charge is 2.37. The number of ether oxygens (including phenoxy) is 1. The molecule has 8 nitrogen and oxygen atoms in total. The molecule has 0 radical (unpaired) electrons. The lowest BCUT2D eigenvalue weighted by atomic mass is 10.1. The SMILES string of the molecule is C[C@@H]1CN(c2nc(NC3CCN(C4CC4)CC3)nc3c(F)c(Br)c(Cl)cc23)[C@@H](C)CN1C(=O)OC(C)(C)C. The quantitative estimate of drug-likeness (QED) is 0.422. The fourth-order valence-electron chi connectivity index (χ4n) is 5.47. The lowest BCUT2D eigenvalue weighted by Crippen LogP contribution is -2.59. The molecule has 11 heteroatoms. The molecule has 0 spiro atoms. The van der Waals surface area contributed by atoms with Crippen LogP contribution < -0.4 is 10.2 Å². The number of nitrogens with zero attached hydrogens (tertiary/aromatic N) is 5. The van der Waals surface area contributed by atoms with Crippen LogP contribution in [0.15, 0.2) is 10.5 Å².